The van der Waals surface area contributed by atoms with E-state index in [-0.39, 0.29) is 11.4 Å². The first-order valence-electron chi connectivity index (χ1n) is 8.52. The van der Waals surface area contributed by atoms with Crippen molar-refractivity contribution in [2.24, 2.45) is 10.1 Å². The second-order valence-electron chi connectivity index (χ2n) is 5.54. The van der Waals surface area contributed by atoms with Gasteiger partial charge >= 0.3 is 0 Å². The molecule has 1 amide bonds. The molecule has 2 aliphatic heterocycles. The molecule has 27 heavy (non-hydrogen) atoms. The Morgan fingerprint density at radius 3 is 2.81 bits per heavy atom. The Labute approximate surface area is 170 Å². The maximum atomic E-state index is 12.4. The zero-order valence-corrected chi connectivity index (χ0v) is 17.4. The highest BCUT2D eigenvalue weighted by atomic mass is 79.9. The smallest absolute Gasteiger partial charge is 0.283 e. The average molecular weight is 451 g/mol. The molecule has 1 N–H and O–H groups in total. The molecule has 0 bridgehead atoms. The number of carbonyl (C=O) groups is 1. The SMILES string of the molecule is CCOc1cc(/C=C2/C(=N)N3N=C(CC)SC3=NC2=O)ccc1OCCBr. The van der Waals surface area contributed by atoms with Gasteiger partial charge in [-0.15, -0.1) is 0 Å². The minimum atomic E-state index is -0.441. The average Bonchev–Trinajstić information content (AvgIpc) is 3.08. The number of hydrazone groups is 1. The van der Waals surface area contributed by atoms with Crippen molar-refractivity contribution in [3.05, 3.63) is 29.3 Å². The van der Waals surface area contributed by atoms with Crippen LogP contribution >= 0.6 is 27.7 Å². The molecule has 0 radical (unpaired) electrons. The third kappa shape index (κ3) is 4.24. The number of aliphatic imine (C=N–C) groups is 1. The number of nitrogens with one attached hydrogen (secondary N) is 1. The quantitative estimate of drug-likeness (QED) is 0.502. The van der Waals surface area contributed by atoms with Crippen LogP contribution in [0.5, 0.6) is 11.5 Å². The van der Waals surface area contributed by atoms with Crippen molar-refractivity contribution < 1.29 is 14.3 Å². The maximum Gasteiger partial charge on any atom is 0.283 e. The third-order valence-electron chi connectivity index (χ3n) is 3.71. The van der Waals surface area contributed by atoms with E-state index in [1.165, 1.54) is 16.8 Å². The summed E-state index contributed by atoms with van der Waals surface area (Å²) in [6.07, 6.45) is 2.36. The number of hydrogen-bond donors (Lipinski definition) is 1. The molecule has 7 nitrogen and oxygen atoms in total. The summed E-state index contributed by atoms with van der Waals surface area (Å²) in [6, 6.07) is 5.41. The van der Waals surface area contributed by atoms with E-state index < -0.39 is 5.91 Å². The molecule has 2 heterocycles. The van der Waals surface area contributed by atoms with Gasteiger partial charge in [0.25, 0.3) is 5.91 Å². The summed E-state index contributed by atoms with van der Waals surface area (Å²) in [5.74, 6) is 0.814. The lowest BCUT2D eigenvalue weighted by Gasteiger charge is -2.20. The van der Waals surface area contributed by atoms with Crippen LogP contribution in [0, 0.1) is 5.41 Å². The predicted octanol–water partition coefficient (Wildman–Crippen LogP) is 3.89. The first-order chi connectivity index (χ1) is 13.1. The van der Waals surface area contributed by atoms with Gasteiger partial charge in [-0.3, -0.25) is 10.2 Å². The van der Waals surface area contributed by atoms with E-state index in [2.05, 4.69) is 26.0 Å². The Bertz CT molecular complexity index is 866. The number of benzene rings is 1. The zero-order chi connectivity index (χ0) is 19.4. The fraction of sp³-hybridized carbons (Fsp3) is 0.333. The minimum absolute atomic E-state index is 0.0264. The monoisotopic (exact) mass is 450 g/mol. The minimum Gasteiger partial charge on any atom is -0.490 e. The Kier molecular flexibility index (Phi) is 6.33. The van der Waals surface area contributed by atoms with Crippen LogP contribution in [0.4, 0.5) is 0 Å². The van der Waals surface area contributed by atoms with Gasteiger partial charge < -0.3 is 9.47 Å². The Morgan fingerprint density at radius 2 is 2.11 bits per heavy atom. The van der Waals surface area contributed by atoms with Gasteiger partial charge in [0.05, 0.1) is 18.8 Å². The number of ether oxygens (including phenoxy) is 2. The van der Waals surface area contributed by atoms with E-state index in [1.807, 2.05) is 19.9 Å². The zero-order valence-electron chi connectivity index (χ0n) is 15.0. The van der Waals surface area contributed by atoms with Gasteiger partial charge in [-0.2, -0.15) is 15.1 Å². The molecule has 0 unspecified atom stereocenters. The number of amidine groups is 2. The lowest BCUT2D eigenvalue weighted by Crippen LogP contribution is -2.35. The van der Waals surface area contributed by atoms with Crippen molar-refractivity contribution in [3.63, 3.8) is 0 Å². The summed E-state index contributed by atoms with van der Waals surface area (Å²) in [5, 5.41) is 16.1. The molecule has 9 heteroatoms. The number of amides is 1. The van der Waals surface area contributed by atoms with E-state index in [4.69, 9.17) is 14.9 Å². The summed E-state index contributed by atoms with van der Waals surface area (Å²) in [7, 11) is 0. The van der Waals surface area contributed by atoms with Crippen molar-refractivity contribution in [2.45, 2.75) is 20.3 Å². The summed E-state index contributed by atoms with van der Waals surface area (Å²) in [4.78, 5) is 16.5. The number of halogens is 1. The van der Waals surface area contributed by atoms with Crippen LogP contribution in [0.15, 0.2) is 33.9 Å². The van der Waals surface area contributed by atoms with Crippen LogP contribution in [0.2, 0.25) is 0 Å². The number of rotatable bonds is 7. The van der Waals surface area contributed by atoms with Crippen LogP contribution < -0.4 is 9.47 Å². The standard InChI is InChI=1S/C18H19BrN4O3S/c1-3-15-22-23-16(20)12(17(24)21-18(23)27-15)9-11-5-6-13(26-8-7-19)14(10-11)25-4-2/h5-6,9-10,20H,3-4,7-8H2,1-2H3/b12-9-,20-16?. The van der Waals surface area contributed by atoms with Gasteiger partial charge in [-0.25, -0.2) is 0 Å². The second-order valence-corrected chi connectivity index (χ2v) is 7.38. The van der Waals surface area contributed by atoms with E-state index in [1.54, 1.807) is 18.2 Å². The Morgan fingerprint density at radius 1 is 1.30 bits per heavy atom. The topological polar surface area (TPSA) is 87.3 Å². The molecule has 1 aromatic carbocycles. The number of hydrogen-bond acceptors (Lipinski definition) is 6. The Balaban J connectivity index is 1.92. The first kappa shape index (κ1) is 19.6. The molecule has 0 aromatic heterocycles. The molecule has 142 valence electrons. The third-order valence-corrected chi connectivity index (χ3v) is 5.09. The van der Waals surface area contributed by atoms with E-state index in [9.17, 15) is 4.79 Å². The van der Waals surface area contributed by atoms with E-state index >= 15 is 0 Å². The molecule has 0 atom stereocenters. The van der Waals surface area contributed by atoms with E-state index in [0.717, 1.165) is 17.0 Å². The molecule has 1 aromatic rings. The highest BCUT2D eigenvalue weighted by molar-refractivity contribution is 9.09. The maximum absolute atomic E-state index is 12.4. The van der Waals surface area contributed by atoms with Crippen molar-refractivity contribution >= 4 is 55.7 Å². The van der Waals surface area contributed by atoms with Crippen LogP contribution in [-0.4, -0.2) is 45.5 Å². The lowest BCUT2D eigenvalue weighted by molar-refractivity contribution is -0.114. The van der Waals surface area contributed by atoms with E-state index in [0.29, 0.717) is 35.2 Å². The fourth-order valence-corrected chi connectivity index (χ4v) is 3.48. The normalized spacial score (nSPS) is 17.7. The molecule has 0 fully saturated rings. The van der Waals surface area contributed by atoms with Gasteiger partial charge in [0.15, 0.2) is 17.3 Å². The summed E-state index contributed by atoms with van der Waals surface area (Å²) in [6.45, 7) is 4.88. The highest BCUT2D eigenvalue weighted by Crippen LogP contribution is 2.32. The molecule has 0 saturated heterocycles. The van der Waals surface area contributed by atoms with Crippen LogP contribution in [-0.2, 0) is 4.79 Å². The van der Waals surface area contributed by atoms with Crippen LogP contribution in [0.25, 0.3) is 6.08 Å². The largest absolute Gasteiger partial charge is 0.490 e. The number of carbonyl (C=O) groups excluding carboxylic acids is 1. The van der Waals surface area contributed by atoms with Gasteiger partial charge in [0, 0.05) is 5.33 Å². The van der Waals surface area contributed by atoms with Gasteiger partial charge in [0.1, 0.15) is 5.04 Å². The molecule has 2 aliphatic rings. The summed E-state index contributed by atoms with van der Waals surface area (Å²) >= 11 is 4.66. The van der Waals surface area contributed by atoms with Crippen molar-refractivity contribution in [1.29, 1.82) is 5.41 Å². The lowest BCUT2D eigenvalue weighted by atomic mass is 10.1. The Hall–Kier alpha value is -2.13. The number of fused-ring (bicyclic) bond motifs is 1. The molecule has 0 aliphatic carbocycles. The van der Waals surface area contributed by atoms with Gasteiger partial charge in [0.2, 0.25) is 5.17 Å². The van der Waals surface area contributed by atoms with Crippen LogP contribution in [0.1, 0.15) is 25.8 Å². The number of thioether (sulfide) groups is 1. The molecule has 0 saturated carbocycles. The molecule has 3 rings (SSSR count). The van der Waals surface area contributed by atoms with Gasteiger partial charge in [-0.1, -0.05) is 28.9 Å². The second kappa shape index (κ2) is 8.71. The molecular formula is C18H19BrN4O3S. The van der Waals surface area contributed by atoms with Crippen molar-refractivity contribution in [3.8, 4) is 11.5 Å². The van der Waals surface area contributed by atoms with Gasteiger partial charge in [-0.05, 0) is 48.9 Å². The summed E-state index contributed by atoms with van der Waals surface area (Å²) in [5.41, 5.74) is 0.917. The van der Waals surface area contributed by atoms with Crippen LogP contribution in [0.3, 0.4) is 0 Å². The number of alkyl halides is 1. The summed E-state index contributed by atoms with van der Waals surface area (Å²) < 4.78 is 11.3. The van der Waals surface area contributed by atoms with Crippen molar-refractivity contribution in [2.75, 3.05) is 18.5 Å². The highest BCUT2D eigenvalue weighted by Gasteiger charge is 2.35. The molecule has 0 spiro atoms. The molecular weight excluding hydrogens is 432 g/mol. The van der Waals surface area contributed by atoms with Crippen molar-refractivity contribution in [1.82, 2.24) is 5.01 Å². The number of nitrogens with zero attached hydrogens (tertiary/aromatic N) is 3. The predicted molar refractivity (Wildman–Crippen MR) is 112 cm³/mol. The fourth-order valence-electron chi connectivity index (χ4n) is 2.49. The first-order valence-corrected chi connectivity index (χ1v) is 10.5.